The molecular formula is C18H16F2N2O4. The lowest BCUT2D eigenvalue weighted by Crippen LogP contribution is -2.30. The molecule has 3 rings (SSSR count). The van der Waals surface area contributed by atoms with Crippen molar-refractivity contribution in [3.63, 3.8) is 0 Å². The van der Waals surface area contributed by atoms with Crippen LogP contribution in [0.25, 0.3) is 0 Å². The molecule has 0 aliphatic carbocycles. The first-order valence-corrected chi connectivity index (χ1v) is 7.93. The van der Waals surface area contributed by atoms with Crippen LogP contribution in [-0.2, 0) is 4.79 Å². The van der Waals surface area contributed by atoms with Gasteiger partial charge in [-0.25, -0.2) is 0 Å². The lowest BCUT2D eigenvalue weighted by Gasteiger charge is -2.18. The van der Waals surface area contributed by atoms with E-state index in [1.54, 1.807) is 24.5 Å². The maximum absolute atomic E-state index is 12.8. The zero-order valence-electron chi connectivity index (χ0n) is 13.6. The minimum Gasteiger partial charge on any atom is -0.481 e. The normalized spacial score (nSPS) is 19.6. The Morgan fingerprint density at radius 2 is 1.96 bits per heavy atom. The number of amides is 1. The minimum absolute atomic E-state index is 0.0171. The van der Waals surface area contributed by atoms with E-state index in [0.717, 1.165) is 0 Å². The number of carbonyl (C=O) groups excluding carboxylic acids is 1. The summed E-state index contributed by atoms with van der Waals surface area (Å²) in [5, 5.41) is 9.51. The van der Waals surface area contributed by atoms with Crippen LogP contribution in [0.3, 0.4) is 0 Å². The summed E-state index contributed by atoms with van der Waals surface area (Å²) in [6, 6.07) is 9.14. The first kappa shape index (κ1) is 17.8. The molecule has 0 spiro atoms. The first-order chi connectivity index (χ1) is 12.5. The molecule has 6 nitrogen and oxygen atoms in total. The number of alkyl halides is 2. The number of likely N-dealkylation sites (tertiary alicyclic amines) is 1. The van der Waals surface area contributed by atoms with E-state index in [1.807, 2.05) is 0 Å². The second-order valence-electron chi connectivity index (χ2n) is 5.92. The van der Waals surface area contributed by atoms with Crippen LogP contribution in [0.4, 0.5) is 8.78 Å². The molecule has 0 unspecified atom stereocenters. The molecule has 1 saturated heterocycles. The highest BCUT2D eigenvalue weighted by atomic mass is 19.3. The Labute approximate surface area is 148 Å². The third-order valence-electron chi connectivity index (χ3n) is 4.37. The Bertz CT molecular complexity index is 801. The standard InChI is InChI=1S/C18H16F2N2O4/c19-18(20)26-15-6-2-1-5-12(15)16(23)22-9-13(14(10-22)17(24)25)11-4-3-7-21-8-11/h1-8,13-14,18H,9-10H2,(H,24,25)/t13-,14+/m0/s1. The van der Waals surface area contributed by atoms with Gasteiger partial charge in [0.1, 0.15) is 5.75 Å². The summed E-state index contributed by atoms with van der Waals surface area (Å²) in [5.41, 5.74) is 0.691. The summed E-state index contributed by atoms with van der Waals surface area (Å²) < 4.78 is 29.5. The Morgan fingerprint density at radius 3 is 2.62 bits per heavy atom. The van der Waals surface area contributed by atoms with Crippen molar-refractivity contribution in [1.29, 1.82) is 0 Å². The third kappa shape index (κ3) is 3.63. The molecule has 2 heterocycles. The van der Waals surface area contributed by atoms with Crippen LogP contribution in [0.15, 0.2) is 48.8 Å². The topological polar surface area (TPSA) is 79.7 Å². The van der Waals surface area contributed by atoms with Gasteiger partial charge in [-0.2, -0.15) is 8.78 Å². The van der Waals surface area contributed by atoms with Gasteiger partial charge in [0, 0.05) is 31.4 Å². The molecule has 1 aromatic carbocycles. The fourth-order valence-electron chi connectivity index (χ4n) is 3.17. The fraction of sp³-hybridized carbons (Fsp3) is 0.278. The van der Waals surface area contributed by atoms with Gasteiger partial charge in [-0.05, 0) is 23.8 Å². The van der Waals surface area contributed by atoms with E-state index >= 15 is 0 Å². The van der Waals surface area contributed by atoms with E-state index in [2.05, 4.69) is 9.72 Å². The molecule has 1 aliphatic heterocycles. The SMILES string of the molecule is O=C(O)[C@@H]1CN(C(=O)c2ccccc2OC(F)F)C[C@H]1c1cccnc1. The van der Waals surface area contributed by atoms with Gasteiger partial charge in [0.05, 0.1) is 11.5 Å². The molecule has 1 aliphatic rings. The average Bonchev–Trinajstić information content (AvgIpc) is 3.07. The Hall–Kier alpha value is -3.03. The number of benzene rings is 1. The fourth-order valence-corrected chi connectivity index (χ4v) is 3.17. The van der Waals surface area contributed by atoms with E-state index in [-0.39, 0.29) is 24.4 Å². The highest BCUT2D eigenvalue weighted by Gasteiger charge is 2.41. The molecule has 1 N–H and O–H groups in total. The van der Waals surface area contributed by atoms with Gasteiger partial charge in [0.15, 0.2) is 0 Å². The molecule has 1 amide bonds. The van der Waals surface area contributed by atoms with Crippen LogP contribution in [-0.4, -0.2) is 46.6 Å². The smallest absolute Gasteiger partial charge is 0.387 e. The van der Waals surface area contributed by atoms with Crippen molar-refractivity contribution in [2.75, 3.05) is 13.1 Å². The number of pyridine rings is 1. The van der Waals surface area contributed by atoms with Crippen LogP contribution in [0.2, 0.25) is 0 Å². The second-order valence-corrected chi connectivity index (χ2v) is 5.92. The van der Waals surface area contributed by atoms with E-state index in [1.165, 1.54) is 29.2 Å². The van der Waals surface area contributed by atoms with Gasteiger partial charge in [-0.3, -0.25) is 14.6 Å². The number of aromatic nitrogens is 1. The van der Waals surface area contributed by atoms with Crippen LogP contribution >= 0.6 is 0 Å². The number of hydrogen-bond donors (Lipinski definition) is 1. The van der Waals surface area contributed by atoms with Crippen molar-refractivity contribution >= 4 is 11.9 Å². The summed E-state index contributed by atoms with van der Waals surface area (Å²) in [4.78, 5) is 29.8. The molecule has 26 heavy (non-hydrogen) atoms. The van der Waals surface area contributed by atoms with Gasteiger partial charge >= 0.3 is 12.6 Å². The maximum Gasteiger partial charge on any atom is 0.387 e. The third-order valence-corrected chi connectivity index (χ3v) is 4.37. The Morgan fingerprint density at radius 1 is 1.19 bits per heavy atom. The number of halogens is 2. The highest BCUT2D eigenvalue weighted by Crippen LogP contribution is 2.34. The summed E-state index contributed by atoms with van der Waals surface area (Å²) in [6.07, 6.45) is 3.15. The lowest BCUT2D eigenvalue weighted by atomic mass is 9.90. The first-order valence-electron chi connectivity index (χ1n) is 7.93. The van der Waals surface area contributed by atoms with Crippen molar-refractivity contribution in [2.24, 2.45) is 5.92 Å². The number of ether oxygens (including phenoxy) is 1. The number of carboxylic acid groups (broad SMARTS) is 1. The summed E-state index contributed by atoms with van der Waals surface area (Å²) in [6.45, 7) is -2.92. The maximum atomic E-state index is 12.8. The molecule has 0 radical (unpaired) electrons. The Balaban J connectivity index is 1.86. The van der Waals surface area contributed by atoms with Gasteiger partial charge in [0.2, 0.25) is 0 Å². The van der Waals surface area contributed by atoms with Gasteiger partial charge in [-0.1, -0.05) is 18.2 Å². The van der Waals surface area contributed by atoms with E-state index in [9.17, 15) is 23.5 Å². The predicted octanol–water partition coefficient (Wildman–Crippen LogP) is 2.62. The number of hydrogen-bond acceptors (Lipinski definition) is 4. The van der Waals surface area contributed by atoms with E-state index < -0.39 is 30.3 Å². The number of carboxylic acids is 1. The summed E-state index contributed by atoms with van der Waals surface area (Å²) >= 11 is 0. The molecule has 2 aromatic rings. The van der Waals surface area contributed by atoms with Crippen molar-refractivity contribution in [1.82, 2.24) is 9.88 Å². The number of carbonyl (C=O) groups is 2. The molecule has 2 atom stereocenters. The summed E-state index contributed by atoms with van der Waals surface area (Å²) in [7, 11) is 0. The lowest BCUT2D eigenvalue weighted by molar-refractivity contribution is -0.141. The van der Waals surface area contributed by atoms with Gasteiger partial charge < -0.3 is 14.7 Å². The summed E-state index contributed by atoms with van der Waals surface area (Å²) in [5.74, 6) is -3.02. The predicted molar refractivity (Wildman–Crippen MR) is 87.1 cm³/mol. The minimum atomic E-state index is -3.06. The largest absolute Gasteiger partial charge is 0.481 e. The molecule has 0 bridgehead atoms. The second kappa shape index (κ2) is 7.47. The zero-order chi connectivity index (χ0) is 18.7. The van der Waals surface area contributed by atoms with Crippen LogP contribution in [0.5, 0.6) is 5.75 Å². The van der Waals surface area contributed by atoms with Crippen LogP contribution in [0, 0.1) is 5.92 Å². The van der Waals surface area contributed by atoms with Crippen molar-refractivity contribution in [2.45, 2.75) is 12.5 Å². The number of rotatable bonds is 5. The molecule has 1 aromatic heterocycles. The van der Waals surface area contributed by atoms with Crippen molar-refractivity contribution in [3.05, 3.63) is 59.9 Å². The van der Waals surface area contributed by atoms with Crippen molar-refractivity contribution < 1.29 is 28.2 Å². The Kier molecular flexibility index (Phi) is 5.11. The number of nitrogens with zero attached hydrogens (tertiary/aromatic N) is 2. The zero-order valence-corrected chi connectivity index (χ0v) is 13.6. The van der Waals surface area contributed by atoms with Gasteiger partial charge in [-0.15, -0.1) is 0 Å². The molecule has 1 fully saturated rings. The molecular weight excluding hydrogens is 346 g/mol. The molecule has 136 valence electrons. The number of para-hydroxylation sites is 1. The van der Waals surface area contributed by atoms with Crippen LogP contribution < -0.4 is 4.74 Å². The molecule has 8 heteroatoms. The monoisotopic (exact) mass is 362 g/mol. The van der Waals surface area contributed by atoms with Gasteiger partial charge in [0.25, 0.3) is 5.91 Å². The van der Waals surface area contributed by atoms with E-state index in [0.29, 0.717) is 5.56 Å². The number of aliphatic carboxylic acids is 1. The van der Waals surface area contributed by atoms with Crippen molar-refractivity contribution in [3.8, 4) is 5.75 Å². The molecule has 0 saturated carbocycles. The van der Waals surface area contributed by atoms with Crippen LogP contribution in [0.1, 0.15) is 21.8 Å². The van der Waals surface area contributed by atoms with E-state index in [4.69, 9.17) is 0 Å². The quantitative estimate of drug-likeness (QED) is 0.885. The average molecular weight is 362 g/mol. The highest BCUT2D eigenvalue weighted by molar-refractivity contribution is 5.97.